The number of fused-ring (bicyclic) bond motifs is 3. The minimum atomic E-state index is -0.585. The number of carbonyl (C=O) groups is 1. The van der Waals surface area contributed by atoms with Crippen molar-refractivity contribution in [2.45, 2.75) is 36.0 Å². The number of alkyl halides is 1. The number of nitrogens with zero attached hydrogens (tertiary/aromatic N) is 2. The first-order valence-electron chi connectivity index (χ1n) is 9.96. The van der Waals surface area contributed by atoms with Crippen molar-refractivity contribution in [3.63, 3.8) is 0 Å². The predicted octanol–water partition coefficient (Wildman–Crippen LogP) is 4.14. The summed E-state index contributed by atoms with van der Waals surface area (Å²) in [7, 11) is 0. The van der Waals surface area contributed by atoms with Gasteiger partial charge >= 0.3 is 0 Å². The molecular weight excluding hydrogens is 416 g/mol. The molecule has 3 heterocycles. The van der Waals surface area contributed by atoms with Gasteiger partial charge in [0.25, 0.3) is 0 Å². The largest absolute Gasteiger partial charge is 0.353 e. The lowest BCUT2D eigenvalue weighted by Gasteiger charge is -2.35. The van der Waals surface area contributed by atoms with Gasteiger partial charge in [-0.15, -0.1) is 0 Å². The van der Waals surface area contributed by atoms with E-state index in [1.54, 1.807) is 0 Å². The second-order valence-corrected chi connectivity index (χ2v) is 9.81. The van der Waals surface area contributed by atoms with Crippen LogP contribution in [0.1, 0.15) is 37.1 Å². The minimum Gasteiger partial charge on any atom is -0.353 e. The van der Waals surface area contributed by atoms with Crippen LogP contribution >= 0.6 is 15.9 Å². The fourth-order valence-electron chi connectivity index (χ4n) is 5.33. The summed E-state index contributed by atoms with van der Waals surface area (Å²) in [6, 6.07) is 21.0. The topological polar surface area (TPSA) is 32.8 Å². The highest BCUT2D eigenvalue weighted by Crippen LogP contribution is 2.58. The maximum Gasteiger partial charge on any atom is 0.244 e. The van der Waals surface area contributed by atoms with Crippen LogP contribution in [0.2, 0.25) is 0 Å². The predicted molar refractivity (Wildman–Crippen MR) is 112 cm³/mol. The lowest BCUT2D eigenvalue weighted by atomic mass is 9.91. The molecule has 5 rings (SSSR count). The minimum absolute atomic E-state index is 0.0151. The van der Waals surface area contributed by atoms with Crippen molar-refractivity contribution in [3.8, 4) is 0 Å². The van der Waals surface area contributed by atoms with Crippen molar-refractivity contribution >= 4 is 21.8 Å². The van der Waals surface area contributed by atoms with E-state index in [2.05, 4.69) is 71.1 Å². The second kappa shape index (κ2) is 6.41. The van der Waals surface area contributed by atoms with Crippen molar-refractivity contribution in [2.24, 2.45) is 5.92 Å². The van der Waals surface area contributed by atoms with E-state index < -0.39 is 10.0 Å². The summed E-state index contributed by atoms with van der Waals surface area (Å²) in [6.07, 6.45) is 0. The lowest BCUT2D eigenvalue weighted by molar-refractivity contribution is -0.140. The number of hydrogen-bond donors (Lipinski definition) is 0. The van der Waals surface area contributed by atoms with Gasteiger partial charge in [-0.1, -0.05) is 76.6 Å². The molecule has 0 saturated carbocycles. The van der Waals surface area contributed by atoms with Crippen LogP contribution in [0, 0.1) is 5.92 Å². The summed E-state index contributed by atoms with van der Waals surface area (Å²) in [6.45, 7) is 6.41. The molecule has 3 saturated heterocycles. The fraction of sp³-hybridized carbons (Fsp3) is 0.435. The number of likely N-dealkylation sites (tertiary alicyclic amines) is 1. The molecule has 0 spiro atoms. The Kier molecular flexibility index (Phi) is 4.20. The van der Waals surface area contributed by atoms with Gasteiger partial charge < -0.3 is 9.64 Å². The maximum atomic E-state index is 13.7. The lowest BCUT2D eigenvalue weighted by Crippen LogP contribution is -2.46. The Hall–Kier alpha value is -1.69. The summed E-state index contributed by atoms with van der Waals surface area (Å²) in [5, 5.41) is 0. The van der Waals surface area contributed by atoms with Crippen LogP contribution in [0.25, 0.3) is 0 Å². The molecule has 2 aromatic rings. The van der Waals surface area contributed by atoms with E-state index in [0.29, 0.717) is 13.2 Å². The molecular formula is C23H25BrN2O2. The van der Waals surface area contributed by atoms with Crippen LogP contribution < -0.4 is 0 Å². The Morgan fingerprint density at radius 2 is 1.75 bits per heavy atom. The van der Waals surface area contributed by atoms with E-state index in [1.165, 1.54) is 5.56 Å². The van der Waals surface area contributed by atoms with Gasteiger partial charge in [-0.3, -0.25) is 9.69 Å². The molecule has 3 fully saturated rings. The van der Waals surface area contributed by atoms with Gasteiger partial charge in [-0.05, 0) is 25.0 Å². The summed E-state index contributed by atoms with van der Waals surface area (Å²) < 4.78 is 5.78. The highest BCUT2D eigenvalue weighted by atomic mass is 79.9. The van der Waals surface area contributed by atoms with Crippen LogP contribution in [-0.2, 0) is 9.53 Å². The zero-order valence-corrected chi connectivity index (χ0v) is 17.8. The monoisotopic (exact) mass is 440 g/mol. The molecule has 3 aliphatic heterocycles. The Morgan fingerprint density at radius 3 is 2.43 bits per heavy atom. The highest BCUT2D eigenvalue weighted by molar-refractivity contribution is 9.10. The molecule has 146 valence electrons. The average Bonchev–Trinajstić information content (AvgIpc) is 3.31. The number of carbonyl (C=O) groups excluding carboxylic acids is 1. The normalized spacial score (nSPS) is 35.8. The summed E-state index contributed by atoms with van der Waals surface area (Å²) >= 11 is 3.90. The molecule has 0 radical (unpaired) electrons. The van der Waals surface area contributed by atoms with Crippen molar-refractivity contribution in [1.29, 1.82) is 0 Å². The quantitative estimate of drug-likeness (QED) is 0.672. The maximum absolute atomic E-state index is 13.7. The van der Waals surface area contributed by atoms with Crippen molar-refractivity contribution in [3.05, 3.63) is 71.8 Å². The van der Waals surface area contributed by atoms with E-state index in [-0.39, 0.29) is 23.9 Å². The summed E-state index contributed by atoms with van der Waals surface area (Å²) in [5.74, 6) is 0.251. The zero-order chi connectivity index (χ0) is 19.5. The molecule has 0 bridgehead atoms. The summed E-state index contributed by atoms with van der Waals surface area (Å²) in [5.41, 5.74) is 1.85. The first-order valence-corrected chi connectivity index (χ1v) is 10.7. The Labute approximate surface area is 174 Å². The van der Waals surface area contributed by atoms with E-state index in [9.17, 15) is 4.79 Å². The van der Waals surface area contributed by atoms with Crippen LogP contribution in [0.4, 0.5) is 0 Å². The Bertz CT molecular complexity index is 892. The van der Waals surface area contributed by atoms with Crippen LogP contribution in [0.3, 0.4) is 0 Å². The van der Waals surface area contributed by atoms with Gasteiger partial charge in [0.15, 0.2) is 0 Å². The zero-order valence-electron chi connectivity index (χ0n) is 16.2. The average molecular weight is 441 g/mol. The van der Waals surface area contributed by atoms with Gasteiger partial charge in [0, 0.05) is 25.0 Å². The molecule has 2 aromatic carbocycles. The van der Waals surface area contributed by atoms with Gasteiger partial charge in [0.05, 0.1) is 12.6 Å². The molecule has 0 aromatic heterocycles. The number of halogens is 1. The van der Waals surface area contributed by atoms with E-state index >= 15 is 0 Å². The third kappa shape index (κ3) is 2.46. The smallest absolute Gasteiger partial charge is 0.244 e. The van der Waals surface area contributed by atoms with Crippen LogP contribution in [0.5, 0.6) is 0 Å². The molecule has 5 atom stereocenters. The fourth-order valence-corrected chi connectivity index (χ4v) is 6.41. The first-order chi connectivity index (χ1) is 13.4. The molecule has 0 aliphatic carbocycles. The van der Waals surface area contributed by atoms with Gasteiger partial charge in [-0.25, -0.2) is 0 Å². The van der Waals surface area contributed by atoms with Gasteiger partial charge in [0.2, 0.25) is 5.91 Å². The summed E-state index contributed by atoms with van der Waals surface area (Å²) in [4.78, 5) is 18.1. The number of benzene rings is 2. The van der Waals surface area contributed by atoms with Crippen molar-refractivity contribution in [2.75, 3.05) is 19.7 Å². The third-order valence-corrected chi connectivity index (χ3v) is 8.10. The van der Waals surface area contributed by atoms with E-state index in [4.69, 9.17) is 4.74 Å². The number of amides is 1. The Morgan fingerprint density at radius 1 is 1.11 bits per heavy atom. The SMILES string of the molecule is C[C@@H](c1ccccc1)N1C[C@H]2[C@@](Br)(C1)C(=O)N1[C@@H](c3ccccc3)CO[C@]21C. The molecule has 4 nitrogen and oxygen atoms in total. The van der Waals surface area contributed by atoms with E-state index in [1.807, 2.05) is 29.2 Å². The van der Waals surface area contributed by atoms with Crippen LogP contribution in [0.15, 0.2) is 60.7 Å². The molecule has 5 heteroatoms. The Balaban J connectivity index is 1.45. The van der Waals surface area contributed by atoms with Gasteiger partial charge in [0.1, 0.15) is 10.0 Å². The highest BCUT2D eigenvalue weighted by Gasteiger charge is 2.71. The molecule has 1 amide bonds. The molecule has 3 aliphatic rings. The standard InChI is InChI=1S/C23H25BrN2O2/c1-16(17-9-5-3-6-10-17)25-13-20-22(2)26(21(27)23(20,24)15-25)19(14-28-22)18-11-7-4-8-12-18/h3-12,16,19-20H,13-15H2,1-2H3/t16-,19+,20+,22+,23-/m0/s1. The molecule has 0 N–H and O–H groups in total. The second-order valence-electron chi connectivity index (χ2n) is 8.40. The molecule has 28 heavy (non-hydrogen) atoms. The van der Waals surface area contributed by atoms with Gasteiger partial charge in [-0.2, -0.15) is 0 Å². The number of ether oxygens (including phenoxy) is 1. The first kappa shape index (κ1) is 18.3. The number of rotatable bonds is 3. The number of hydrogen-bond acceptors (Lipinski definition) is 3. The van der Waals surface area contributed by atoms with Crippen molar-refractivity contribution in [1.82, 2.24) is 9.80 Å². The van der Waals surface area contributed by atoms with Crippen LogP contribution in [-0.4, -0.2) is 45.5 Å². The third-order valence-electron chi connectivity index (χ3n) is 6.96. The van der Waals surface area contributed by atoms with Crippen molar-refractivity contribution < 1.29 is 9.53 Å². The molecule has 0 unspecified atom stereocenters. The van der Waals surface area contributed by atoms with E-state index in [0.717, 1.165) is 12.1 Å².